The minimum atomic E-state index is -0.0180. The Balaban J connectivity index is 1.35. The predicted octanol–water partition coefficient (Wildman–Crippen LogP) is 3.40. The van der Waals surface area contributed by atoms with Crippen molar-refractivity contribution in [3.63, 3.8) is 0 Å². The summed E-state index contributed by atoms with van der Waals surface area (Å²) in [5.41, 5.74) is 1.25. The minimum absolute atomic E-state index is 0.0180. The standard InChI is InChI=1S/C23H35N3O/c1-20(23(27)24-19-22-11-6-3-7-12-22)26-17-15-25(16-18-26)14-8-13-21-9-4-2-5-10-21/h2,4-5,8-10,13,20,22H,3,6-7,11-12,14-19H2,1H3,(H,24,27). The van der Waals surface area contributed by atoms with Crippen LogP contribution >= 0.6 is 0 Å². The first-order valence-electron chi connectivity index (χ1n) is 10.7. The SMILES string of the molecule is CC(C(=O)NCC1CCCCC1)N1CCN(CC=Cc2ccccc2)CC1. The fourth-order valence-electron chi connectivity index (χ4n) is 4.18. The third kappa shape index (κ3) is 6.47. The fourth-order valence-corrected chi connectivity index (χ4v) is 4.18. The molecule has 1 atom stereocenters. The molecule has 1 aliphatic heterocycles. The molecule has 1 heterocycles. The van der Waals surface area contributed by atoms with Crippen molar-refractivity contribution in [2.45, 2.75) is 45.1 Å². The van der Waals surface area contributed by atoms with Crippen LogP contribution in [0.25, 0.3) is 6.08 Å². The monoisotopic (exact) mass is 369 g/mol. The zero-order valence-electron chi connectivity index (χ0n) is 16.8. The molecule has 1 saturated carbocycles. The molecule has 0 spiro atoms. The molecule has 1 aromatic carbocycles. The van der Waals surface area contributed by atoms with Crippen LogP contribution in [-0.2, 0) is 4.79 Å². The normalized spacial score (nSPS) is 21.4. The Labute approximate surface area is 164 Å². The number of carbonyl (C=O) groups is 1. The van der Waals surface area contributed by atoms with E-state index in [1.165, 1.54) is 37.7 Å². The maximum atomic E-state index is 12.5. The number of rotatable bonds is 7. The lowest BCUT2D eigenvalue weighted by Gasteiger charge is -2.37. The number of nitrogens with zero attached hydrogens (tertiary/aromatic N) is 2. The minimum Gasteiger partial charge on any atom is -0.354 e. The van der Waals surface area contributed by atoms with Crippen molar-refractivity contribution < 1.29 is 4.79 Å². The lowest BCUT2D eigenvalue weighted by atomic mass is 9.89. The van der Waals surface area contributed by atoms with Gasteiger partial charge in [0.15, 0.2) is 0 Å². The second-order valence-electron chi connectivity index (χ2n) is 8.07. The smallest absolute Gasteiger partial charge is 0.237 e. The Kier molecular flexibility index (Phi) is 7.91. The van der Waals surface area contributed by atoms with E-state index in [0.29, 0.717) is 5.92 Å². The number of hydrogen-bond acceptors (Lipinski definition) is 3. The quantitative estimate of drug-likeness (QED) is 0.800. The zero-order valence-corrected chi connectivity index (χ0v) is 16.8. The average molecular weight is 370 g/mol. The van der Waals surface area contributed by atoms with E-state index in [-0.39, 0.29) is 11.9 Å². The van der Waals surface area contributed by atoms with E-state index >= 15 is 0 Å². The van der Waals surface area contributed by atoms with Crippen LogP contribution < -0.4 is 5.32 Å². The van der Waals surface area contributed by atoms with Crippen LogP contribution in [0.1, 0.15) is 44.6 Å². The van der Waals surface area contributed by atoms with Gasteiger partial charge in [0.2, 0.25) is 5.91 Å². The molecule has 4 heteroatoms. The van der Waals surface area contributed by atoms with Crippen molar-refractivity contribution >= 4 is 12.0 Å². The van der Waals surface area contributed by atoms with Crippen LogP contribution in [0.4, 0.5) is 0 Å². The molecule has 1 saturated heterocycles. The molecule has 4 nitrogen and oxygen atoms in total. The number of piperazine rings is 1. The van der Waals surface area contributed by atoms with Gasteiger partial charge in [0, 0.05) is 39.3 Å². The molecular weight excluding hydrogens is 334 g/mol. The average Bonchev–Trinajstić information content (AvgIpc) is 2.73. The van der Waals surface area contributed by atoms with E-state index in [1.54, 1.807) is 0 Å². The van der Waals surface area contributed by atoms with Crippen molar-refractivity contribution in [2.75, 3.05) is 39.3 Å². The summed E-state index contributed by atoms with van der Waals surface area (Å²) in [6.45, 7) is 7.90. The Morgan fingerprint density at radius 2 is 1.81 bits per heavy atom. The Morgan fingerprint density at radius 1 is 1.11 bits per heavy atom. The van der Waals surface area contributed by atoms with E-state index in [9.17, 15) is 4.79 Å². The number of benzene rings is 1. The molecule has 1 amide bonds. The lowest BCUT2D eigenvalue weighted by molar-refractivity contribution is -0.126. The van der Waals surface area contributed by atoms with E-state index in [0.717, 1.165) is 39.3 Å². The highest BCUT2D eigenvalue weighted by atomic mass is 16.2. The Bertz CT molecular complexity index is 587. The van der Waals surface area contributed by atoms with Crippen LogP contribution in [0.15, 0.2) is 36.4 Å². The van der Waals surface area contributed by atoms with E-state index in [1.807, 2.05) is 6.07 Å². The summed E-state index contributed by atoms with van der Waals surface area (Å²) in [6, 6.07) is 10.4. The first-order chi connectivity index (χ1) is 13.2. The Morgan fingerprint density at radius 3 is 2.52 bits per heavy atom. The summed E-state index contributed by atoms with van der Waals surface area (Å²) in [6.07, 6.45) is 11.0. The first kappa shape index (κ1) is 20.1. The maximum absolute atomic E-state index is 12.5. The molecule has 1 unspecified atom stereocenters. The van der Waals surface area contributed by atoms with Crippen molar-refractivity contribution in [3.8, 4) is 0 Å². The van der Waals surface area contributed by atoms with E-state index in [2.05, 4.69) is 58.5 Å². The molecule has 148 valence electrons. The summed E-state index contributed by atoms with van der Waals surface area (Å²) in [7, 11) is 0. The van der Waals surface area contributed by atoms with Gasteiger partial charge in [-0.25, -0.2) is 0 Å². The van der Waals surface area contributed by atoms with Gasteiger partial charge in [-0.3, -0.25) is 14.6 Å². The summed E-state index contributed by atoms with van der Waals surface area (Å²) in [4.78, 5) is 17.3. The van der Waals surface area contributed by atoms with Gasteiger partial charge in [-0.1, -0.05) is 61.7 Å². The molecule has 3 rings (SSSR count). The molecule has 27 heavy (non-hydrogen) atoms. The van der Waals surface area contributed by atoms with Gasteiger partial charge >= 0.3 is 0 Å². The summed E-state index contributed by atoms with van der Waals surface area (Å²) >= 11 is 0. The summed E-state index contributed by atoms with van der Waals surface area (Å²) in [5.74, 6) is 0.904. The van der Waals surface area contributed by atoms with Crippen molar-refractivity contribution in [2.24, 2.45) is 5.92 Å². The molecule has 1 aromatic rings. The largest absolute Gasteiger partial charge is 0.354 e. The zero-order chi connectivity index (χ0) is 18.9. The van der Waals surface area contributed by atoms with E-state index in [4.69, 9.17) is 0 Å². The van der Waals surface area contributed by atoms with Gasteiger partial charge in [-0.2, -0.15) is 0 Å². The molecule has 0 aromatic heterocycles. The number of nitrogens with one attached hydrogen (secondary N) is 1. The number of carbonyl (C=O) groups excluding carboxylic acids is 1. The number of hydrogen-bond donors (Lipinski definition) is 1. The van der Waals surface area contributed by atoms with Gasteiger partial charge in [-0.05, 0) is 31.2 Å². The summed E-state index contributed by atoms with van der Waals surface area (Å²) < 4.78 is 0. The highest BCUT2D eigenvalue weighted by Gasteiger charge is 2.25. The van der Waals surface area contributed by atoms with E-state index < -0.39 is 0 Å². The third-order valence-corrected chi connectivity index (χ3v) is 6.10. The lowest BCUT2D eigenvalue weighted by Crippen LogP contribution is -2.54. The molecule has 2 aliphatic rings. The van der Waals surface area contributed by atoms with Crippen LogP contribution in [0, 0.1) is 5.92 Å². The van der Waals surface area contributed by atoms with Crippen LogP contribution in [0.2, 0.25) is 0 Å². The highest BCUT2D eigenvalue weighted by Crippen LogP contribution is 2.22. The van der Waals surface area contributed by atoms with Gasteiger partial charge in [0.1, 0.15) is 0 Å². The fraction of sp³-hybridized carbons (Fsp3) is 0.609. The second kappa shape index (κ2) is 10.6. The summed E-state index contributed by atoms with van der Waals surface area (Å²) in [5, 5.41) is 3.21. The molecular formula is C23H35N3O. The topological polar surface area (TPSA) is 35.6 Å². The maximum Gasteiger partial charge on any atom is 0.237 e. The van der Waals surface area contributed by atoms with Crippen molar-refractivity contribution in [1.29, 1.82) is 0 Å². The van der Waals surface area contributed by atoms with Gasteiger partial charge in [-0.15, -0.1) is 0 Å². The predicted molar refractivity (Wildman–Crippen MR) is 113 cm³/mol. The molecule has 0 bridgehead atoms. The highest BCUT2D eigenvalue weighted by molar-refractivity contribution is 5.81. The van der Waals surface area contributed by atoms with Crippen LogP contribution in [0.3, 0.4) is 0 Å². The van der Waals surface area contributed by atoms with Crippen LogP contribution in [-0.4, -0.2) is 61.0 Å². The van der Waals surface area contributed by atoms with Crippen molar-refractivity contribution in [1.82, 2.24) is 15.1 Å². The molecule has 1 aliphatic carbocycles. The second-order valence-corrected chi connectivity index (χ2v) is 8.07. The molecule has 2 fully saturated rings. The van der Waals surface area contributed by atoms with Gasteiger partial charge in [0.05, 0.1) is 6.04 Å². The van der Waals surface area contributed by atoms with Crippen LogP contribution in [0.5, 0.6) is 0 Å². The van der Waals surface area contributed by atoms with Gasteiger partial charge < -0.3 is 5.32 Å². The molecule has 0 radical (unpaired) electrons. The van der Waals surface area contributed by atoms with Gasteiger partial charge in [0.25, 0.3) is 0 Å². The third-order valence-electron chi connectivity index (χ3n) is 6.10. The van der Waals surface area contributed by atoms with Crippen molar-refractivity contribution in [3.05, 3.63) is 42.0 Å². The Hall–Kier alpha value is -1.65. The number of amides is 1. The molecule has 1 N–H and O–H groups in total. The first-order valence-corrected chi connectivity index (χ1v) is 10.7.